The first-order valence-electron chi connectivity index (χ1n) is 17.5. The predicted molar refractivity (Wildman–Crippen MR) is 215 cm³/mol. The topological polar surface area (TPSA) is 13.1 Å². The summed E-state index contributed by atoms with van der Waals surface area (Å²) in [7, 11) is 0. The highest BCUT2D eigenvalue weighted by molar-refractivity contribution is 6.14. The van der Waals surface area contributed by atoms with Crippen molar-refractivity contribution in [2.45, 2.75) is 0 Å². The summed E-state index contributed by atoms with van der Waals surface area (Å²) in [5.74, 6) is 0. The van der Waals surface area contributed by atoms with Gasteiger partial charge in [-0.25, -0.2) is 0 Å². The zero-order valence-electron chi connectivity index (χ0n) is 27.9. The molecule has 0 atom stereocenters. The summed E-state index contributed by atoms with van der Waals surface area (Å²) in [5.41, 5.74) is 12.8. The normalized spacial score (nSPS) is 11.5. The van der Waals surface area contributed by atoms with Gasteiger partial charge < -0.3 is 14.0 Å². The average Bonchev–Trinajstić information content (AvgIpc) is 3.72. The largest absolute Gasteiger partial charge is 0.310 e. The molecule has 0 aliphatic rings. The van der Waals surface area contributed by atoms with Crippen LogP contribution in [0.4, 0.5) is 17.1 Å². The van der Waals surface area contributed by atoms with Crippen molar-refractivity contribution in [3.63, 3.8) is 0 Å². The van der Waals surface area contributed by atoms with E-state index in [0.29, 0.717) is 0 Å². The molecular weight excluding hydrogens is 619 g/mol. The minimum Gasteiger partial charge on any atom is -0.310 e. The summed E-state index contributed by atoms with van der Waals surface area (Å²) in [5, 5.41) is 5.00. The van der Waals surface area contributed by atoms with E-state index in [1.807, 2.05) is 0 Å². The van der Waals surface area contributed by atoms with Crippen LogP contribution in [0.25, 0.3) is 66.1 Å². The molecule has 3 nitrogen and oxygen atoms in total. The standard InChI is InChI=1S/C48H33N3/c1-4-15-35(16-5-1)49(39-31-32-43-41-21-10-12-25-45(41)50(47(43)33-39)36-17-6-2-7-18-36)38-29-27-34(28-30-38)40-23-14-24-44-42-22-11-13-26-46(42)51(48(40)44)37-19-8-3-9-20-37/h1-33H. The number of hydrogen-bond acceptors (Lipinski definition) is 1. The van der Waals surface area contributed by atoms with Crippen molar-refractivity contribution < 1.29 is 0 Å². The number of rotatable bonds is 6. The zero-order valence-corrected chi connectivity index (χ0v) is 27.9. The average molecular weight is 652 g/mol. The second kappa shape index (κ2) is 11.9. The van der Waals surface area contributed by atoms with Gasteiger partial charge in [-0.2, -0.15) is 0 Å². The molecule has 0 radical (unpaired) electrons. The Morgan fingerprint density at radius 1 is 0.314 bits per heavy atom. The maximum Gasteiger partial charge on any atom is 0.0619 e. The molecule has 3 heteroatoms. The summed E-state index contributed by atoms with van der Waals surface area (Å²) in [6.07, 6.45) is 0. The number of aromatic nitrogens is 2. The van der Waals surface area contributed by atoms with Gasteiger partial charge in [0, 0.05) is 55.5 Å². The van der Waals surface area contributed by atoms with E-state index in [4.69, 9.17) is 0 Å². The van der Waals surface area contributed by atoms with Crippen LogP contribution in [0.1, 0.15) is 0 Å². The molecule has 0 aliphatic carbocycles. The Balaban J connectivity index is 1.14. The van der Waals surface area contributed by atoms with Gasteiger partial charge in [-0.1, -0.05) is 127 Å². The Bertz CT molecular complexity index is 2830. The van der Waals surface area contributed by atoms with Gasteiger partial charge in [0.25, 0.3) is 0 Å². The molecule has 0 bridgehead atoms. The number of benzene rings is 8. The monoisotopic (exact) mass is 651 g/mol. The maximum absolute atomic E-state index is 2.41. The van der Waals surface area contributed by atoms with Gasteiger partial charge in [-0.05, 0) is 78.4 Å². The highest BCUT2D eigenvalue weighted by Gasteiger charge is 2.19. The molecule has 0 fully saturated rings. The Morgan fingerprint density at radius 3 is 1.49 bits per heavy atom. The third-order valence-corrected chi connectivity index (χ3v) is 10.1. The molecule has 0 amide bonds. The lowest BCUT2D eigenvalue weighted by Gasteiger charge is -2.26. The van der Waals surface area contributed by atoms with Crippen molar-refractivity contribution >= 4 is 60.7 Å². The van der Waals surface area contributed by atoms with Gasteiger partial charge in [0.1, 0.15) is 0 Å². The Hall–Kier alpha value is -6.84. The fourth-order valence-corrected chi connectivity index (χ4v) is 7.86. The molecule has 10 aromatic rings. The quantitative estimate of drug-likeness (QED) is 0.174. The Morgan fingerprint density at radius 2 is 0.804 bits per heavy atom. The van der Waals surface area contributed by atoms with Gasteiger partial charge in [0.05, 0.1) is 22.1 Å². The number of nitrogens with zero attached hydrogens (tertiary/aromatic N) is 3. The van der Waals surface area contributed by atoms with Crippen LogP contribution in [-0.4, -0.2) is 9.13 Å². The molecule has 0 N–H and O–H groups in total. The van der Waals surface area contributed by atoms with Crippen LogP contribution < -0.4 is 4.90 Å². The lowest BCUT2D eigenvalue weighted by Crippen LogP contribution is -2.10. The summed E-state index contributed by atoms with van der Waals surface area (Å²) in [4.78, 5) is 2.36. The predicted octanol–water partition coefficient (Wildman–Crippen LogP) is 13.0. The second-order valence-corrected chi connectivity index (χ2v) is 13.0. The molecule has 240 valence electrons. The first-order valence-corrected chi connectivity index (χ1v) is 17.5. The maximum atomic E-state index is 2.41. The van der Waals surface area contributed by atoms with Gasteiger partial charge >= 0.3 is 0 Å². The third kappa shape index (κ3) is 4.74. The zero-order chi connectivity index (χ0) is 33.7. The van der Waals surface area contributed by atoms with E-state index in [2.05, 4.69) is 214 Å². The second-order valence-electron chi connectivity index (χ2n) is 13.0. The van der Waals surface area contributed by atoms with Crippen molar-refractivity contribution in [3.8, 4) is 22.5 Å². The van der Waals surface area contributed by atoms with E-state index in [1.165, 1.54) is 54.7 Å². The highest BCUT2D eigenvalue weighted by atomic mass is 15.1. The first-order chi connectivity index (χ1) is 25.3. The number of anilines is 3. The van der Waals surface area contributed by atoms with E-state index in [1.54, 1.807) is 0 Å². The van der Waals surface area contributed by atoms with Crippen LogP contribution in [0.3, 0.4) is 0 Å². The SMILES string of the molecule is c1ccc(N(c2ccc(-c3cccc4c5ccccc5n(-c5ccccc5)c34)cc2)c2ccc3c4ccccc4n(-c4ccccc4)c3c2)cc1. The van der Waals surface area contributed by atoms with Crippen LogP contribution in [-0.2, 0) is 0 Å². The summed E-state index contributed by atoms with van der Waals surface area (Å²) < 4.78 is 4.79. The summed E-state index contributed by atoms with van der Waals surface area (Å²) >= 11 is 0. The van der Waals surface area contributed by atoms with Crippen LogP contribution in [0.15, 0.2) is 200 Å². The Kier molecular flexibility index (Phi) is 6.81. The van der Waals surface area contributed by atoms with Gasteiger partial charge in [-0.3, -0.25) is 0 Å². The fraction of sp³-hybridized carbons (Fsp3) is 0. The van der Waals surface area contributed by atoms with Crippen molar-refractivity contribution in [2.75, 3.05) is 4.90 Å². The smallest absolute Gasteiger partial charge is 0.0619 e. The van der Waals surface area contributed by atoms with E-state index in [0.717, 1.165) is 28.4 Å². The van der Waals surface area contributed by atoms with Crippen molar-refractivity contribution in [2.24, 2.45) is 0 Å². The van der Waals surface area contributed by atoms with Gasteiger partial charge in [0.15, 0.2) is 0 Å². The van der Waals surface area contributed by atoms with E-state index in [9.17, 15) is 0 Å². The molecule has 51 heavy (non-hydrogen) atoms. The molecular formula is C48H33N3. The van der Waals surface area contributed by atoms with Crippen LogP contribution in [0.2, 0.25) is 0 Å². The molecule has 8 aromatic carbocycles. The van der Waals surface area contributed by atoms with Crippen LogP contribution >= 0.6 is 0 Å². The van der Waals surface area contributed by atoms with Gasteiger partial charge in [-0.15, -0.1) is 0 Å². The van der Waals surface area contributed by atoms with Crippen LogP contribution in [0.5, 0.6) is 0 Å². The molecule has 10 rings (SSSR count). The molecule has 0 unspecified atom stereocenters. The Labute approximate surface area is 296 Å². The van der Waals surface area contributed by atoms with E-state index in [-0.39, 0.29) is 0 Å². The number of fused-ring (bicyclic) bond motifs is 6. The molecule has 2 aromatic heterocycles. The molecule has 0 spiro atoms. The number of hydrogen-bond donors (Lipinski definition) is 0. The molecule has 0 saturated carbocycles. The molecule has 0 aliphatic heterocycles. The lowest BCUT2D eigenvalue weighted by atomic mass is 10.0. The molecule has 2 heterocycles. The lowest BCUT2D eigenvalue weighted by molar-refractivity contribution is 1.18. The minimum absolute atomic E-state index is 1.10. The fourth-order valence-electron chi connectivity index (χ4n) is 7.86. The summed E-state index contributed by atoms with van der Waals surface area (Å²) in [6.45, 7) is 0. The first kappa shape index (κ1) is 29.1. The van der Waals surface area contributed by atoms with Crippen molar-refractivity contribution in [1.29, 1.82) is 0 Å². The van der Waals surface area contributed by atoms with E-state index >= 15 is 0 Å². The molecule has 0 saturated heterocycles. The number of para-hydroxylation sites is 6. The summed E-state index contributed by atoms with van der Waals surface area (Å²) in [6, 6.07) is 72.0. The van der Waals surface area contributed by atoms with Crippen molar-refractivity contribution in [1.82, 2.24) is 9.13 Å². The third-order valence-electron chi connectivity index (χ3n) is 10.1. The van der Waals surface area contributed by atoms with Gasteiger partial charge in [0.2, 0.25) is 0 Å². The van der Waals surface area contributed by atoms with Crippen LogP contribution in [0, 0.1) is 0 Å². The highest BCUT2D eigenvalue weighted by Crippen LogP contribution is 2.42. The van der Waals surface area contributed by atoms with Crippen molar-refractivity contribution in [3.05, 3.63) is 200 Å². The minimum atomic E-state index is 1.10. The van der Waals surface area contributed by atoms with E-state index < -0.39 is 0 Å².